The quantitative estimate of drug-likeness (QED) is 0.0878. The van der Waals surface area contributed by atoms with Crippen molar-refractivity contribution in [2.45, 2.75) is 26.4 Å². The molecule has 306 valence electrons. The van der Waals surface area contributed by atoms with E-state index in [2.05, 4.69) is 0 Å². The third-order valence-electron chi connectivity index (χ3n) is 6.00. The molecule has 17 nitrogen and oxygen atoms in total. The molecule has 0 heterocycles. The van der Waals surface area contributed by atoms with Crippen LogP contribution in [0, 0.1) is 0 Å². The highest BCUT2D eigenvalue weighted by molar-refractivity contribution is 5.67. The molecule has 0 fully saturated rings. The van der Waals surface area contributed by atoms with Crippen molar-refractivity contribution in [2.75, 3.05) is 192 Å². The van der Waals surface area contributed by atoms with Crippen LogP contribution in [0.5, 0.6) is 0 Å². The fraction of sp³-hybridized carbons (Fsp3) is 0.971. The lowest BCUT2D eigenvalue weighted by Gasteiger charge is -2.24. The predicted octanol–water partition coefficient (Wildman–Crippen LogP) is 1.03. The van der Waals surface area contributed by atoms with Crippen LogP contribution in [0.1, 0.15) is 20.8 Å². The Morgan fingerprint density at radius 1 is 0.392 bits per heavy atom. The van der Waals surface area contributed by atoms with Gasteiger partial charge in [0.1, 0.15) is 5.60 Å². The second-order valence-corrected chi connectivity index (χ2v) is 11.7. The molecule has 51 heavy (non-hydrogen) atoms. The number of rotatable bonds is 41. The van der Waals surface area contributed by atoms with Gasteiger partial charge in [0.15, 0.2) is 0 Å². The fourth-order valence-electron chi connectivity index (χ4n) is 3.46. The van der Waals surface area contributed by atoms with Crippen molar-refractivity contribution < 1.29 is 71.1 Å². The van der Waals surface area contributed by atoms with Gasteiger partial charge in [-0.25, -0.2) is 4.79 Å². The molecule has 0 atom stereocenters. The number of likely N-dealkylation sites (N-methyl/N-ethyl adjacent to an activating group) is 1. The Morgan fingerprint density at radius 2 is 0.588 bits per heavy atom. The topological polar surface area (TPSA) is 176 Å². The summed E-state index contributed by atoms with van der Waals surface area (Å²) in [6.45, 7) is 19.4. The largest absolute Gasteiger partial charge is 0.444 e. The second-order valence-electron chi connectivity index (χ2n) is 11.7. The van der Waals surface area contributed by atoms with Crippen molar-refractivity contribution in [3.63, 3.8) is 0 Å². The van der Waals surface area contributed by atoms with Crippen molar-refractivity contribution in [3.8, 4) is 0 Å². The molecular formula is C34H70N2O15. The number of ether oxygens (including phenoxy) is 14. The third kappa shape index (κ3) is 43.0. The van der Waals surface area contributed by atoms with E-state index in [-0.39, 0.29) is 6.09 Å². The average molecular weight is 747 g/mol. The van der Waals surface area contributed by atoms with Gasteiger partial charge in [-0.15, -0.1) is 0 Å². The van der Waals surface area contributed by atoms with Crippen LogP contribution in [0.3, 0.4) is 0 Å². The molecule has 0 aliphatic heterocycles. The van der Waals surface area contributed by atoms with E-state index in [0.29, 0.717) is 185 Å². The van der Waals surface area contributed by atoms with Crippen molar-refractivity contribution in [1.29, 1.82) is 0 Å². The monoisotopic (exact) mass is 746 g/mol. The van der Waals surface area contributed by atoms with Crippen LogP contribution in [0.15, 0.2) is 0 Å². The Morgan fingerprint density at radius 3 is 0.784 bits per heavy atom. The van der Waals surface area contributed by atoms with Crippen LogP contribution in [0.2, 0.25) is 0 Å². The Labute approximate surface area is 306 Å². The van der Waals surface area contributed by atoms with Gasteiger partial charge in [0, 0.05) is 20.1 Å². The number of amides is 1. The van der Waals surface area contributed by atoms with Crippen LogP contribution < -0.4 is 5.73 Å². The van der Waals surface area contributed by atoms with Crippen LogP contribution in [0.25, 0.3) is 0 Å². The van der Waals surface area contributed by atoms with Crippen molar-refractivity contribution in [1.82, 2.24) is 4.90 Å². The van der Waals surface area contributed by atoms with E-state index in [9.17, 15) is 4.79 Å². The number of nitrogens with zero attached hydrogens (tertiary/aromatic N) is 1. The first-order valence-corrected chi connectivity index (χ1v) is 18.0. The molecule has 0 spiro atoms. The molecule has 0 aromatic rings. The highest BCUT2D eigenvalue weighted by Crippen LogP contribution is 2.08. The molecule has 0 bridgehead atoms. The molecule has 0 radical (unpaired) electrons. The van der Waals surface area contributed by atoms with Crippen LogP contribution >= 0.6 is 0 Å². The minimum atomic E-state index is -0.512. The number of carbonyl (C=O) groups is 1. The maximum atomic E-state index is 11.9. The molecule has 1 amide bonds. The minimum Gasteiger partial charge on any atom is -0.444 e. The maximum absolute atomic E-state index is 11.9. The molecule has 0 unspecified atom stereocenters. The van der Waals surface area contributed by atoms with E-state index in [1.807, 2.05) is 20.8 Å². The van der Waals surface area contributed by atoms with Crippen LogP contribution in [-0.4, -0.2) is 209 Å². The molecule has 17 heteroatoms. The zero-order valence-corrected chi connectivity index (χ0v) is 31.9. The summed E-state index contributed by atoms with van der Waals surface area (Å²) < 4.78 is 76.0. The van der Waals surface area contributed by atoms with Crippen LogP contribution in [-0.2, 0) is 66.3 Å². The molecule has 0 saturated carbocycles. The zero-order chi connectivity index (χ0) is 37.4. The normalized spacial score (nSPS) is 11.8. The first-order valence-electron chi connectivity index (χ1n) is 18.0. The smallest absolute Gasteiger partial charge is 0.410 e. The summed E-state index contributed by atoms with van der Waals surface area (Å²) in [6, 6.07) is 0. The number of hydrogen-bond donors (Lipinski definition) is 1. The Bertz CT molecular complexity index is 707. The molecular weight excluding hydrogens is 676 g/mol. The van der Waals surface area contributed by atoms with Gasteiger partial charge in [0.2, 0.25) is 0 Å². The minimum absolute atomic E-state index is 0.366. The summed E-state index contributed by atoms with van der Waals surface area (Å²) in [7, 11) is 1.68. The average Bonchev–Trinajstić information content (AvgIpc) is 3.10. The lowest BCUT2D eigenvalue weighted by molar-refractivity contribution is -0.0291. The van der Waals surface area contributed by atoms with E-state index in [1.54, 1.807) is 7.05 Å². The third-order valence-corrected chi connectivity index (χ3v) is 6.00. The first-order chi connectivity index (χ1) is 24.9. The Balaban J connectivity index is 3.13. The van der Waals surface area contributed by atoms with Gasteiger partial charge >= 0.3 is 6.09 Å². The first kappa shape index (κ1) is 49.7. The predicted molar refractivity (Wildman–Crippen MR) is 189 cm³/mol. The summed E-state index contributed by atoms with van der Waals surface area (Å²) in [5.74, 6) is 0. The van der Waals surface area contributed by atoms with E-state index in [1.165, 1.54) is 4.90 Å². The summed E-state index contributed by atoms with van der Waals surface area (Å²) in [6.07, 6.45) is -0.366. The lowest BCUT2D eigenvalue weighted by Crippen LogP contribution is -2.36. The number of hydrogen-bond acceptors (Lipinski definition) is 16. The van der Waals surface area contributed by atoms with Gasteiger partial charge in [-0.3, -0.25) is 0 Å². The van der Waals surface area contributed by atoms with E-state index in [4.69, 9.17) is 72.0 Å². The van der Waals surface area contributed by atoms with Gasteiger partial charge in [-0.2, -0.15) is 0 Å². The van der Waals surface area contributed by atoms with Gasteiger partial charge in [-0.05, 0) is 20.8 Å². The molecule has 0 aliphatic carbocycles. The highest BCUT2D eigenvalue weighted by Gasteiger charge is 2.19. The summed E-state index contributed by atoms with van der Waals surface area (Å²) in [5, 5.41) is 0. The number of carbonyl (C=O) groups excluding carboxylic acids is 1. The summed E-state index contributed by atoms with van der Waals surface area (Å²) >= 11 is 0. The lowest BCUT2D eigenvalue weighted by atomic mass is 10.2. The zero-order valence-electron chi connectivity index (χ0n) is 31.9. The highest BCUT2D eigenvalue weighted by atomic mass is 16.6. The van der Waals surface area contributed by atoms with E-state index in [0.717, 1.165) is 0 Å². The summed E-state index contributed by atoms with van der Waals surface area (Å²) in [5.41, 5.74) is 4.82. The van der Waals surface area contributed by atoms with Gasteiger partial charge in [0.05, 0.1) is 172 Å². The molecule has 0 saturated heterocycles. The SMILES string of the molecule is CN(CCOCCOCCOCCOCCOCCOCCOCCOCCOCCOCCOCCOCCOCCN)C(=O)OC(C)(C)C. The second kappa shape index (κ2) is 39.9. The Hall–Kier alpha value is -1.29. The molecule has 0 aromatic carbocycles. The Kier molecular flexibility index (Phi) is 38.9. The van der Waals surface area contributed by atoms with Crippen LogP contribution in [0.4, 0.5) is 4.79 Å². The maximum Gasteiger partial charge on any atom is 0.410 e. The fourth-order valence-corrected chi connectivity index (χ4v) is 3.46. The van der Waals surface area contributed by atoms with Crippen molar-refractivity contribution in [2.24, 2.45) is 5.73 Å². The number of nitrogens with two attached hydrogens (primary N) is 1. The van der Waals surface area contributed by atoms with Crippen molar-refractivity contribution >= 4 is 6.09 Å². The standard InChI is InChI=1S/C34H70N2O15/c1-34(2,3)51-33(37)36(4)6-8-39-10-12-41-14-16-43-18-20-45-22-24-47-26-28-49-30-32-50-31-29-48-27-25-46-23-21-44-19-17-42-15-13-40-11-9-38-7-5-35/h5-32,35H2,1-4H3. The molecule has 2 N–H and O–H groups in total. The van der Waals surface area contributed by atoms with E-state index < -0.39 is 5.60 Å². The molecule has 0 aliphatic rings. The van der Waals surface area contributed by atoms with Gasteiger partial charge in [-0.1, -0.05) is 0 Å². The van der Waals surface area contributed by atoms with Crippen molar-refractivity contribution in [3.05, 3.63) is 0 Å². The molecule has 0 aromatic heterocycles. The van der Waals surface area contributed by atoms with E-state index >= 15 is 0 Å². The summed E-state index contributed by atoms with van der Waals surface area (Å²) in [4.78, 5) is 13.4. The molecule has 0 rings (SSSR count). The van der Waals surface area contributed by atoms with Gasteiger partial charge < -0.3 is 76.9 Å². The van der Waals surface area contributed by atoms with Gasteiger partial charge in [0.25, 0.3) is 0 Å².